The van der Waals surface area contributed by atoms with Crippen molar-refractivity contribution in [2.24, 2.45) is 5.92 Å². The Bertz CT molecular complexity index is 1090. The van der Waals surface area contributed by atoms with Crippen LogP contribution in [0.3, 0.4) is 0 Å². The number of nitro groups is 1. The number of nitrogens with zero attached hydrogens (tertiary/aromatic N) is 2. The molecule has 0 saturated carbocycles. The first kappa shape index (κ1) is 21.1. The predicted octanol–water partition coefficient (Wildman–Crippen LogP) is 1.90. The zero-order valence-electron chi connectivity index (χ0n) is 16.8. The molecule has 0 spiro atoms. The molecule has 1 unspecified atom stereocenters. The van der Waals surface area contributed by atoms with Gasteiger partial charge in [0.25, 0.3) is 11.6 Å². The number of rotatable bonds is 6. The Morgan fingerprint density at radius 3 is 2.72 bits per heavy atom. The Labute approximate surface area is 182 Å². The highest BCUT2D eigenvalue weighted by molar-refractivity contribution is 6.00. The lowest BCUT2D eigenvalue weighted by Gasteiger charge is -2.22. The molecule has 0 aromatic heterocycles. The van der Waals surface area contributed by atoms with E-state index >= 15 is 0 Å². The summed E-state index contributed by atoms with van der Waals surface area (Å²) in [5.74, 6) is -1.16. The van der Waals surface area contributed by atoms with Gasteiger partial charge in [-0.25, -0.2) is 0 Å². The number of fused-ring (bicyclic) bond motifs is 1. The lowest BCUT2D eigenvalue weighted by molar-refractivity contribution is -0.384. The molecule has 0 radical (unpaired) electrons. The molecular weight excluding hydrogens is 422 g/mol. The summed E-state index contributed by atoms with van der Waals surface area (Å²) in [6.07, 6.45) is -0.0419. The van der Waals surface area contributed by atoms with Crippen LogP contribution in [0.1, 0.15) is 6.42 Å². The molecule has 2 aliphatic rings. The summed E-state index contributed by atoms with van der Waals surface area (Å²) in [6.45, 7) is 0.412. The molecule has 1 atom stereocenters. The Morgan fingerprint density at radius 1 is 1.16 bits per heavy atom. The average Bonchev–Trinajstić information content (AvgIpc) is 3.19. The summed E-state index contributed by atoms with van der Waals surface area (Å²) < 4.78 is 16.1. The Kier molecular flexibility index (Phi) is 5.88. The number of carbonyl (C=O) groups is 3. The number of anilines is 2. The number of nitro benzene ring substituents is 1. The molecular formula is C21H19N3O8. The Balaban J connectivity index is 1.31. The number of amides is 2. The van der Waals surface area contributed by atoms with Crippen molar-refractivity contribution < 1.29 is 33.5 Å². The molecule has 2 aromatic carbocycles. The van der Waals surface area contributed by atoms with E-state index in [0.717, 1.165) is 0 Å². The molecule has 166 valence electrons. The standard InChI is InChI=1S/C21H19N3O8/c25-19(22-14-2-1-3-16(9-14)24(28)29)12-32-21(27)13-8-20(26)23(11-13)15-4-5-17-18(10-15)31-7-6-30-17/h1-5,9-10,13H,6-8,11-12H2,(H,22,25). The maximum absolute atomic E-state index is 12.4. The summed E-state index contributed by atoms with van der Waals surface area (Å²) >= 11 is 0. The van der Waals surface area contributed by atoms with Crippen molar-refractivity contribution in [1.82, 2.24) is 0 Å². The van der Waals surface area contributed by atoms with E-state index in [1.807, 2.05) is 0 Å². The Morgan fingerprint density at radius 2 is 1.94 bits per heavy atom. The van der Waals surface area contributed by atoms with Gasteiger partial charge in [-0.15, -0.1) is 0 Å². The van der Waals surface area contributed by atoms with Crippen LogP contribution in [0, 0.1) is 16.0 Å². The molecule has 2 aromatic rings. The molecule has 1 fully saturated rings. The molecule has 4 rings (SSSR count). The fourth-order valence-corrected chi connectivity index (χ4v) is 3.46. The van der Waals surface area contributed by atoms with Crippen LogP contribution in [0.4, 0.5) is 17.1 Å². The molecule has 2 aliphatic heterocycles. The number of carbonyl (C=O) groups excluding carboxylic acids is 3. The van der Waals surface area contributed by atoms with Gasteiger partial charge in [-0.2, -0.15) is 0 Å². The van der Waals surface area contributed by atoms with Crippen molar-refractivity contribution in [3.63, 3.8) is 0 Å². The van der Waals surface area contributed by atoms with Crippen molar-refractivity contribution >= 4 is 34.8 Å². The van der Waals surface area contributed by atoms with E-state index in [1.54, 1.807) is 18.2 Å². The lowest BCUT2D eigenvalue weighted by atomic mass is 10.1. The van der Waals surface area contributed by atoms with Gasteiger partial charge in [-0.3, -0.25) is 24.5 Å². The molecule has 11 nitrogen and oxygen atoms in total. The van der Waals surface area contributed by atoms with E-state index in [0.29, 0.717) is 30.4 Å². The summed E-state index contributed by atoms with van der Waals surface area (Å²) in [5, 5.41) is 13.2. The number of hydrogen-bond donors (Lipinski definition) is 1. The first-order chi connectivity index (χ1) is 15.4. The predicted molar refractivity (Wildman–Crippen MR) is 111 cm³/mol. The molecule has 0 bridgehead atoms. The SMILES string of the molecule is O=C(COC(=O)C1CC(=O)N(c2ccc3c(c2)OCCO3)C1)Nc1cccc([N+](=O)[O-])c1. The summed E-state index contributed by atoms with van der Waals surface area (Å²) in [6, 6.07) is 10.5. The van der Waals surface area contributed by atoms with Crippen molar-refractivity contribution in [2.75, 3.05) is 36.6 Å². The van der Waals surface area contributed by atoms with Crippen LogP contribution in [0.5, 0.6) is 11.5 Å². The van der Waals surface area contributed by atoms with Crippen LogP contribution in [-0.4, -0.2) is 49.1 Å². The topological polar surface area (TPSA) is 137 Å². The molecule has 2 heterocycles. The van der Waals surface area contributed by atoms with Crippen molar-refractivity contribution in [3.8, 4) is 11.5 Å². The maximum Gasteiger partial charge on any atom is 0.311 e. The van der Waals surface area contributed by atoms with Gasteiger partial charge in [-0.1, -0.05) is 6.07 Å². The molecule has 0 aliphatic carbocycles. The average molecular weight is 441 g/mol. The largest absolute Gasteiger partial charge is 0.486 e. The highest BCUT2D eigenvalue weighted by atomic mass is 16.6. The van der Waals surface area contributed by atoms with Gasteiger partial charge < -0.3 is 24.4 Å². The van der Waals surface area contributed by atoms with Gasteiger partial charge >= 0.3 is 5.97 Å². The fraction of sp³-hybridized carbons (Fsp3) is 0.286. The van der Waals surface area contributed by atoms with Gasteiger partial charge in [0.1, 0.15) is 13.2 Å². The fourth-order valence-electron chi connectivity index (χ4n) is 3.46. The van der Waals surface area contributed by atoms with Crippen molar-refractivity contribution in [1.29, 1.82) is 0 Å². The van der Waals surface area contributed by atoms with Crippen LogP contribution in [0.15, 0.2) is 42.5 Å². The van der Waals surface area contributed by atoms with E-state index in [9.17, 15) is 24.5 Å². The van der Waals surface area contributed by atoms with E-state index in [-0.39, 0.29) is 30.2 Å². The van der Waals surface area contributed by atoms with Crippen molar-refractivity contribution in [3.05, 3.63) is 52.6 Å². The summed E-state index contributed by atoms with van der Waals surface area (Å²) in [7, 11) is 0. The normalized spacial score (nSPS) is 17.1. The van der Waals surface area contributed by atoms with E-state index in [4.69, 9.17) is 14.2 Å². The number of nitrogens with one attached hydrogen (secondary N) is 1. The first-order valence-electron chi connectivity index (χ1n) is 9.81. The highest BCUT2D eigenvalue weighted by Crippen LogP contribution is 2.36. The second-order valence-electron chi connectivity index (χ2n) is 7.20. The van der Waals surface area contributed by atoms with Crippen LogP contribution >= 0.6 is 0 Å². The van der Waals surface area contributed by atoms with Crippen molar-refractivity contribution in [2.45, 2.75) is 6.42 Å². The number of non-ortho nitro benzene ring substituents is 1. The van der Waals surface area contributed by atoms with Crippen LogP contribution in [-0.2, 0) is 19.1 Å². The molecule has 1 N–H and O–H groups in total. The van der Waals surface area contributed by atoms with Crippen LogP contribution in [0.25, 0.3) is 0 Å². The quantitative estimate of drug-likeness (QED) is 0.408. The third kappa shape index (κ3) is 4.61. The number of esters is 1. The Hall–Kier alpha value is -4.15. The minimum absolute atomic E-state index is 0.0419. The van der Waals surface area contributed by atoms with Gasteiger partial charge in [-0.05, 0) is 18.2 Å². The van der Waals surface area contributed by atoms with E-state index < -0.39 is 29.3 Å². The molecule has 2 amide bonds. The minimum atomic E-state index is -0.721. The van der Waals surface area contributed by atoms with E-state index in [1.165, 1.54) is 29.2 Å². The van der Waals surface area contributed by atoms with Crippen LogP contribution < -0.4 is 19.7 Å². The lowest BCUT2D eigenvalue weighted by Crippen LogP contribution is -2.28. The zero-order chi connectivity index (χ0) is 22.7. The van der Waals surface area contributed by atoms with Gasteiger partial charge in [0.05, 0.1) is 10.8 Å². The summed E-state index contributed by atoms with van der Waals surface area (Å²) in [4.78, 5) is 48.5. The minimum Gasteiger partial charge on any atom is -0.486 e. The number of hydrogen-bond acceptors (Lipinski definition) is 8. The van der Waals surface area contributed by atoms with Gasteiger partial charge in [0, 0.05) is 42.5 Å². The van der Waals surface area contributed by atoms with E-state index in [2.05, 4.69) is 5.32 Å². The highest BCUT2D eigenvalue weighted by Gasteiger charge is 2.36. The van der Waals surface area contributed by atoms with Crippen LogP contribution in [0.2, 0.25) is 0 Å². The maximum atomic E-state index is 12.4. The molecule has 32 heavy (non-hydrogen) atoms. The number of ether oxygens (including phenoxy) is 3. The van der Waals surface area contributed by atoms with Gasteiger partial charge in [0.15, 0.2) is 18.1 Å². The molecule has 11 heteroatoms. The summed E-state index contributed by atoms with van der Waals surface area (Å²) in [5.41, 5.74) is 0.613. The second kappa shape index (κ2) is 8.92. The first-order valence-corrected chi connectivity index (χ1v) is 9.81. The third-order valence-corrected chi connectivity index (χ3v) is 4.98. The zero-order valence-corrected chi connectivity index (χ0v) is 16.8. The monoisotopic (exact) mass is 441 g/mol. The van der Waals surface area contributed by atoms with Gasteiger partial charge in [0.2, 0.25) is 5.91 Å². The third-order valence-electron chi connectivity index (χ3n) is 4.98. The number of benzene rings is 2. The second-order valence-corrected chi connectivity index (χ2v) is 7.20. The molecule has 1 saturated heterocycles. The smallest absolute Gasteiger partial charge is 0.311 e.